The second kappa shape index (κ2) is 5.22. The SMILES string of the molecule is CC12CCC(=O)N1C(C(=O)NC1CCCCC1O)CS2. The Morgan fingerprint density at radius 2 is 2.20 bits per heavy atom. The highest BCUT2D eigenvalue weighted by molar-refractivity contribution is 8.01. The van der Waals surface area contributed by atoms with Crippen molar-refractivity contribution in [1.82, 2.24) is 10.2 Å². The predicted molar refractivity (Wildman–Crippen MR) is 77.1 cm³/mol. The van der Waals surface area contributed by atoms with Crippen LogP contribution < -0.4 is 5.32 Å². The van der Waals surface area contributed by atoms with E-state index in [1.165, 1.54) is 0 Å². The van der Waals surface area contributed by atoms with E-state index in [0.29, 0.717) is 12.2 Å². The quantitative estimate of drug-likeness (QED) is 0.793. The third kappa shape index (κ3) is 2.33. The molecule has 2 saturated heterocycles. The van der Waals surface area contributed by atoms with Crippen molar-refractivity contribution in [2.24, 2.45) is 0 Å². The summed E-state index contributed by atoms with van der Waals surface area (Å²) in [6, 6.07) is -0.514. The van der Waals surface area contributed by atoms with Gasteiger partial charge in [0.25, 0.3) is 0 Å². The van der Waals surface area contributed by atoms with Crippen molar-refractivity contribution in [3.63, 3.8) is 0 Å². The van der Waals surface area contributed by atoms with Gasteiger partial charge >= 0.3 is 0 Å². The molecule has 0 spiro atoms. The van der Waals surface area contributed by atoms with Gasteiger partial charge in [-0.2, -0.15) is 0 Å². The third-order valence-corrected chi connectivity index (χ3v) is 6.31. The number of carbonyl (C=O) groups excluding carboxylic acids is 2. The molecule has 0 bridgehead atoms. The van der Waals surface area contributed by atoms with Crippen LogP contribution in [0.2, 0.25) is 0 Å². The first-order valence-electron chi connectivity index (χ1n) is 7.46. The fourth-order valence-corrected chi connectivity index (χ4v) is 5.01. The Hall–Kier alpha value is -0.750. The number of amides is 2. The molecule has 3 fully saturated rings. The molecule has 3 rings (SSSR count). The molecule has 6 heteroatoms. The smallest absolute Gasteiger partial charge is 0.244 e. The molecule has 0 aromatic carbocycles. The first kappa shape index (κ1) is 14.2. The molecule has 1 aliphatic carbocycles. The summed E-state index contributed by atoms with van der Waals surface area (Å²) in [4.78, 5) is 26.0. The molecule has 112 valence electrons. The van der Waals surface area contributed by atoms with Crippen molar-refractivity contribution in [1.29, 1.82) is 0 Å². The van der Waals surface area contributed by atoms with E-state index < -0.39 is 6.10 Å². The molecule has 2 N–H and O–H groups in total. The number of rotatable bonds is 2. The van der Waals surface area contributed by atoms with Gasteiger partial charge in [0.1, 0.15) is 6.04 Å². The van der Waals surface area contributed by atoms with Crippen LogP contribution in [0.15, 0.2) is 0 Å². The van der Waals surface area contributed by atoms with Crippen molar-refractivity contribution in [3.05, 3.63) is 0 Å². The number of fused-ring (bicyclic) bond motifs is 1. The molecule has 0 radical (unpaired) electrons. The standard InChI is InChI=1S/C14H22N2O3S/c1-14-7-6-12(18)16(14)10(8-20-14)13(19)15-9-4-2-3-5-11(9)17/h9-11,17H,2-8H2,1H3,(H,15,19). The van der Waals surface area contributed by atoms with E-state index in [-0.39, 0.29) is 28.8 Å². The fraction of sp³-hybridized carbons (Fsp3) is 0.857. The summed E-state index contributed by atoms with van der Waals surface area (Å²) in [6.07, 6.45) is 4.58. The van der Waals surface area contributed by atoms with Crippen molar-refractivity contribution in [3.8, 4) is 0 Å². The van der Waals surface area contributed by atoms with Crippen LogP contribution in [0.25, 0.3) is 0 Å². The highest BCUT2D eigenvalue weighted by Crippen LogP contribution is 2.47. The number of thioether (sulfide) groups is 1. The molecule has 0 aromatic heterocycles. The minimum Gasteiger partial charge on any atom is -0.391 e. The van der Waals surface area contributed by atoms with Crippen molar-refractivity contribution < 1.29 is 14.7 Å². The molecule has 2 heterocycles. The summed E-state index contributed by atoms with van der Waals surface area (Å²) in [5, 5.41) is 12.9. The van der Waals surface area contributed by atoms with Gasteiger partial charge in [-0.25, -0.2) is 0 Å². The van der Waals surface area contributed by atoms with Gasteiger partial charge in [-0.3, -0.25) is 9.59 Å². The summed E-state index contributed by atoms with van der Waals surface area (Å²) in [5.41, 5.74) is 0. The molecular weight excluding hydrogens is 276 g/mol. The van der Waals surface area contributed by atoms with Gasteiger partial charge in [-0.1, -0.05) is 12.8 Å². The van der Waals surface area contributed by atoms with E-state index in [2.05, 4.69) is 5.32 Å². The second-order valence-electron chi connectivity index (χ2n) is 6.23. The molecule has 2 amide bonds. The lowest BCUT2D eigenvalue weighted by Gasteiger charge is -2.33. The Morgan fingerprint density at radius 3 is 2.95 bits per heavy atom. The Kier molecular flexibility index (Phi) is 3.71. The molecule has 4 atom stereocenters. The van der Waals surface area contributed by atoms with E-state index in [4.69, 9.17) is 0 Å². The Morgan fingerprint density at radius 1 is 1.45 bits per heavy atom. The molecule has 2 aliphatic heterocycles. The van der Waals surface area contributed by atoms with Crippen LogP contribution >= 0.6 is 11.8 Å². The monoisotopic (exact) mass is 298 g/mol. The van der Waals surface area contributed by atoms with Gasteiger partial charge in [-0.05, 0) is 26.2 Å². The predicted octanol–water partition coefficient (Wildman–Crippen LogP) is 0.860. The van der Waals surface area contributed by atoms with E-state index in [1.807, 2.05) is 6.92 Å². The van der Waals surface area contributed by atoms with Crippen LogP contribution in [-0.4, -0.2) is 50.6 Å². The molecular formula is C14H22N2O3S. The molecule has 0 aromatic rings. The second-order valence-corrected chi connectivity index (χ2v) is 7.73. The first-order chi connectivity index (χ1) is 9.51. The van der Waals surface area contributed by atoms with Gasteiger partial charge in [0, 0.05) is 12.2 Å². The number of carbonyl (C=O) groups is 2. The number of hydrogen-bond donors (Lipinski definition) is 2. The molecule has 3 aliphatic rings. The number of aliphatic hydroxyl groups excluding tert-OH is 1. The molecule has 20 heavy (non-hydrogen) atoms. The van der Waals surface area contributed by atoms with Crippen molar-refractivity contribution in [2.45, 2.75) is 68.5 Å². The van der Waals surface area contributed by atoms with Gasteiger partial charge in [0.05, 0.1) is 17.0 Å². The molecule has 4 unspecified atom stereocenters. The van der Waals surface area contributed by atoms with E-state index in [0.717, 1.165) is 32.1 Å². The zero-order valence-electron chi connectivity index (χ0n) is 11.8. The van der Waals surface area contributed by atoms with Crippen molar-refractivity contribution in [2.75, 3.05) is 5.75 Å². The van der Waals surface area contributed by atoms with Crippen LogP contribution in [0.1, 0.15) is 45.4 Å². The van der Waals surface area contributed by atoms with Crippen LogP contribution in [0.3, 0.4) is 0 Å². The average Bonchev–Trinajstić information content (AvgIpc) is 2.90. The summed E-state index contributed by atoms with van der Waals surface area (Å²) >= 11 is 1.70. The number of hydrogen-bond acceptors (Lipinski definition) is 4. The lowest BCUT2D eigenvalue weighted by Crippen LogP contribution is -2.54. The van der Waals surface area contributed by atoms with Crippen LogP contribution in [0.4, 0.5) is 0 Å². The maximum atomic E-state index is 12.5. The maximum absolute atomic E-state index is 12.5. The maximum Gasteiger partial charge on any atom is 0.244 e. The number of aliphatic hydroxyl groups is 1. The Balaban J connectivity index is 1.67. The highest BCUT2D eigenvalue weighted by atomic mass is 32.2. The summed E-state index contributed by atoms with van der Waals surface area (Å²) in [6.45, 7) is 2.05. The van der Waals surface area contributed by atoms with E-state index >= 15 is 0 Å². The number of nitrogens with zero attached hydrogens (tertiary/aromatic N) is 1. The average molecular weight is 298 g/mol. The van der Waals surface area contributed by atoms with E-state index in [9.17, 15) is 14.7 Å². The zero-order valence-corrected chi connectivity index (χ0v) is 12.6. The zero-order chi connectivity index (χ0) is 14.3. The van der Waals surface area contributed by atoms with Gasteiger partial charge in [0.15, 0.2) is 0 Å². The van der Waals surface area contributed by atoms with Gasteiger partial charge < -0.3 is 15.3 Å². The summed E-state index contributed by atoms with van der Waals surface area (Å²) in [5.74, 6) is 0.654. The van der Waals surface area contributed by atoms with Gasteiger partial charge in [0.2, 0.25) is 11.8 Å². The third-order valence-electron chi connectivity index (χ3n) is 4.80. The van der Waals surface area contributed by atoms with E-state index in [1.54, 1.807) is 16.7 Å². The van der Waals surface area contributed by atoms with Crippen LogP contribution in [-0.2, 0) is 9.59 Å². The summed E-state index contributed by atoms with van der Waals surface area (Å²) in [7, 11) is 0. The Bertz CT molecular complexity index is 431. The fourth-order valence-electron chi connectivity index (χ4n) is 3.57. The molecule has 1 saturated carbocycles. The van der Waals surface area contributed by atoms with Gasteiger partial charge in [-0.15, -0.1) is 11.8 Å². The van der Waals surface area contributed by atoms with Crippen molar-refractivity contribution >= 4 is 23.6 Å². The molecule has 5 nitrogen and oxygen atoms in total. The Labute approximate surface area is 123 Å². The minimum atomic E-state index is -0.442. The summed E-state index contributed by atoms with van der Waals surface area (Å²) < 4.78 is 0. The largest absolute Gasteiger partial charge is 0.391 e. The van der Waals surface area contributed by atoms with Crippen LogP contribution in [0.5, 0.6) is 0 Å². The normalized spacial score (nSPS) is 40.8. The lowest BCUT2D eigenvalue weighted by molar-refractivity contribution is -0.138. The minimum absolute atomic E-state index is 0.0850. The lowest BCUT2D eigenvalue weighted by atomic mass is 9.92. The topological polar surface area (TPSA) is 69.6 Å². The number of nitrogens with one attached hydrogen (secondary N) is 1. The first-order valence-corrected chi connectivity index (χ1v) is 8.44. The highest BCUT2D eigenvalue weighted by Gasteiger charge is 2.53. The van der Waals surface area contributed by atoms with Crippen LogP contribution in [0, 0.1) is 0 Å².